The van der Waals surface area contributed by atoms with Crippen LogP contribution in [0.5, 0.6) is 0 Å². The van der Waals surface area contributed by atoms with Gasteiger partial charge in [0.05, 0.1) is 22.8 Å². The smallest absolute Gasteiger partial charge is 0.230 e. The number of nitrogens with one attached hydrogen (secondary N) is 1. The summed E-state index contributed by atoms with van der Waals surface area (Å²) in [7, 11) is 1.73. The van der Waals surface area contributed by atoms with Crippen molar-refractivity contribution in [3.63, 3.8) is 0 Å². The summed E-state index contributed by atoms with van der Waals surface area (Å²) >= 11 is 0. The molecule has 0 aliphatic carbocycles. The summed E-state index contributed by atoms with van der Waals surface area (Å²) in [4.78, 5) is 19.9. The molecule has 23 heavy (non-hydrogen) atoms. The summed E-state index contributed by atoms with van der Waals surface area (Å²) in [6.07, 6.45) is 2.00. The molecule has 0 aliphatic rings. The molecule has 8 heteroatoms. The Balaban J connectivity index is 2.15. The van der Waals surface area contributed by atoms with Gasteiger partial charge < -0.3 is 0 Å². The summed E-state index contributed by atoms with van der Waals surface area (Å²) in [5, 5.41) is 10.7. The van der Waals surface area contributed by atoms with Crippen LogP contribution >= 0.6 is 0 Å². The third-order valence-electron chi connectivity index (χ3n) is 3.40. The van der Waals surface area contributed by atoms with Crippen molar-refractivity contribution in [3.05, 3.63) is 29.8 Å². The average Bonchev–Trinajstić information content (AvgIpc) is 2.92. The minimum absolute atomic E-state index is 0.164. The Morgan fingerprint density at radius 3 is 2.78 bits per heavy atom. The Bertz CT molecular complexity index is 904. The van der Waals surface area contributed by atoms with Gasteiger partial charge in [-0.2, -0.15) is 0 Å². The van der Waals surface area contributed by atoms with Crippen LogP contribution in [0.15, 0.2) is 18.3 Å². The molecule has 0 fully saturated rings. The van der Waals surface area contributed by atoms with E-state index in [2.05, 4.69) is 25.6 Å². The summed E-state index contributed by atoms with van der Waals surface area (Å²) < 4.78 is 16.0. The first-order valence-electron chi connectivity index (χ1n) is 7.12. The van der Waals surface area contributed by atoms with Gasteiger partial charge in [0.2, 0.25) is 11.9 Å². The predicted octanol–water partition coefficient (Wildman–Crippen LogP) is 2.22. The monoisotopic (exact) mass is 314 g/mol. The molecule has 118 valence electrons. The Hall–Kier alpha value is -2.90. The maximum absolute atomic E-state index is 14.4. The highest BCUT2D eigenvalue weighted by Gasteiger charge is 2.14. The molecular formula is C15H15FN6O. The fourth-order valence-electron chi connectivity index (χ4n) is 2.29. The highest BCUT2D eigenvalue weighted by Crippen LogP contribution is 2.27. The van der Waals surface area contributed by atoms with Gasteiger partial charge in [0.25, 0.3) is 0 Å². The number of fused-ring (bicyclic) bond motifs is 1. The molecule has 0 unspecified atom stereocenters. The number of amides is 1. The quantitative estimate of drug-likeness (QED) is 0.801. The molecule has 1 amide bonds. The molecule has 0 aliphatic heterocycles. The molecule has 2 aromatic heterocycles. The summed E-state index contributed by atoms with van der Waals surface area (Å²) in [6, 6.07) is 3.09. The van der Waals surface area contributed by atoms with Crippen LogP contribution in [0, 0.1) is 12.7 Å². The average molecular weight is 314 g/mol. The van der Waals surface area contributed by atoms with Gasteiger partial charge in [0.1, 0.15) is 11.5 Å². The first-order valence-corrected chi connectivity index (χ1v) is 7.12. The second kappa shape index (κ2) is 5.71. The van der Waals surface area contributed by atoms with Gasteiger partial charge in [0, 0.05) is 19.0 Å². The predicted molar refractivity (Wildman–Crippen MR) is 83.2 cm³/mol. The van der Waals surface area contributed by atoms with E-state index in [9.17, 15) is 9.18 Å². The topological polar surface area (TPSA) is 85.6 Å². The Morgan fingerprint density at radius 2 is 2.13 bits per heavy atom. The van der Waals surface area contributed by atoms with Crippen molar-refractivity contribution in [1.82, 2.24) is 25.0 Å². The molecule has 3 rings (SSSR count). The molecular weight excluding hydrogens is 299 g/mol. The standard InChI is InChI=1S/C15H15FN6O/c1-4-13(23)19-15-17-8(2)14-10(16)5-9(6-11(14)18-15)12-7-22(3)21-20-12/h5-7H,4H2,1-3H3,(H,17,18,19,23). The summed E-state index contributed by atoms with van der Waals surface area (Å²) in [6.45, 7) is 3.41. The van der Waals surface area contributed by atoms with E-state index in [0.29, 0.717) is 34.3 Å². The highest BCUT2D eigenvalue weighted by atomic mass is 19.1. The Kier molecular flexibility index (Phi) is 3.73. The molecule has 0 radical (unpaired) electrons. The number of anilines is 1. The highest BCUT2D eigenvalue weighted by molar-refractivity contribution is 5.91. The van der Waals surface area contributed by atoms with Gasteiger partial charge in [-0.1, -0.05) is 12.1 Å². The van der Waals surface area contributed by atoms with Crippen LogP contribution in [0.4, 0.5) is 10.3 Å². The lowest BCUT2D eigenvalue weighted by Crippen LogP contribution is -2.13. The van der Waals surface area contributed by atoms with Gasteiger partial charge in [-0.25, -0.2) is 14.4 Å². The number of carbonyl (C=O) groups is 1. The molecule has 0 bridgehead atoms. The van der Waals surface area contributed by atoms with Gasteiger partial charge in [-0.15, -0.1) is 5.10 Å². The molecule has 2 heterocycles. The van der Waals surface area contributed by atoms with E-state index in [1.54, 1.807) is 33.2 Å². The van der Waals surface area contributed by atoms with Crippen molar-refractivity contribution in [1.29, 1.82) is 0 Å². The number of rotatable bonds is 3. The summed E-state index contributed by atoms with van der Waals surface area (Å²) in [5.41, 5.74) is 1.98. The van der Waals surface area contributed by atoms with Crippen molar-refractivity contribution in [2.75, 3.05) is 5.32 Å². The molecule has 0 saturated heterocycles. The van der Waals surface area contributed by atoms with E-state index >= 15 is 0 Å². The van der Waals surface area contributed by atoms with Crippen molar-refractivity contribution in [3.8, 4) is 11.3 Å². The van der Waals surface area contributed by atoms with Gasteiger partial charge in [-0.3, -0.25) is 14.8 Å². The van der Waals surface area contributed by atoms with E-state index in [1.165, 1.54) is 10.7 Å². The summed E-state index contributed by atoms with van der Waals surface area (Å²) in [5.74, 6) is -0.471. The second-order valence-corrected chi connectivity index (χ2v) is 5.16. The second-order valence-electron chi connectivity index (χ2n) is 5.16. The van der Waals surface area contributed by atoms with Crippen LogP contribution in [0.2, 0.25) is 0 Å². The number of aromatic nitrogens is 5. The van der Waals surface area contributed by atoms with E-state index in [0.717, 1.165) is 0 Å². The normalized spacial score (nSPS) is 11.0. The fourth-order valence-corrected chi connectivity index (χ4v) is 2.29. The number of hydrogen-bond acceptors (Lipinski definition) is 5. The number of carbonyl (C=O) groups excluding carboxylic acids is 1. The fraction of sp³-hybridized carbons (Fsp3) is 0.267. The minimum Gasteiger partial charge on any atom is -0.295 e. The maximum Gasteiger partial charge on any atom is 0.230 e. The molecule has 0 saturated carbocycles. The van der Waals surface area contributed by atoms with Crippen LogP contribution in [-0.2, 0) is 11.8 Å². The SMILES string of the molecule is CCC(=O)Nc1nc(C)c2c(F)cc(-c3cn(C)nn3)cc2n1. The molecule has 0 spiro atoms. The molecule has 7 nitrogen and oxygen atoms in total. The van der Waals surface area contributed by atoms with E-state index in [1.807, 2.05) is 0 Å². The van der Waals surface area contributed by atoms with Gasteiger partial charge >= 0.3 is 0 Å². The number of aryl methyl sites for hydroxylation is 2. The van der Waals surface area contributed by atoms with Crippen LogP contribution in [0.3, 0.4) is 0 Å². The third-order valence-corrected chi connectivity index (χ3v) is 3.40. The number of hydrogen-bond donors (Lipinski definition) is 1. The van der Waals surface area contributed by atoms with Crippen LogP contribution < -0.4 is 5.32 Å². The van der Waals surface area contributed by atoms with E-state index in [4.69, 9.17) is 0 Å². The minimum atomic E-state index is -0.436. The first-order chi connectivity index (χ1) is 11.0. The van der Waals surface area contributed by atoms with Gasteiger partial charge in [-0.05, 0) is 19.1 Å². The van der Waals surface area contributed by atoms with Crippen LogP contribution in [0.25, 0.3) is 22.2 Å². The Labute approximate surface area is 131 Å². The van der Waals surface area contributed by atoms with Crippen LogP contribution in [-0.4, -0.2) is 30.9 Å². The van der Waals surface area contributed by atoms with E-state index < -0.39 is 5.82 Å². The largest absolute Gasteiger partial charge is 0.295 e. The lowest BCUT2D eigenvalue weighted by Gasteiger charge is -2.08. The van der Waals surface area contributed by atoms with Crippen LogP contribution in [0.1, 0.15) is 19.0 Å². The first kappa shape index (κ1) is 15.0. The van der Waals surface area contributed by atoms with Crippen molar-refractivity contribution >= 4 is 22.8 Å². The number of halogens is 1. The zero-order chi connectivity index (χ0) is 16.6. The maximum atomic E-state index is 14.4. The number of nitrogens with zero attached hydrogens (tertiary/aromatic N) is 5. The van der Waals surface area contributed by atoms with Crippen molar-refractivity contribution in [2.24, 2.45) is 7.05 Å². The van der Waals surface area contributed by atoms with Crippen molar-refractivity contribution in [2.45, 2.75) is 20.3 Å². The number of benzene rings is 1. The zero-order valence-electron chi connectivity index (χ0n) is 13.0. The molecule has 3 aromatic rings. The molecule has 1 N–H and O–H groups in total. The zero-order valence-corrected chi connectivity index (χ0v) is 13.0. The van der Waals surface area contributed by atoms with Crippen molar-refractivity contribution < 1.29 is 9.18 Å². The lowest BCUT2D eigenvalue weighted by molar-refractivity contribution is -0.115. The lowest BCUT2D eigenvalue weighted by atomic mass is 10.1. The Morgan fingerprint density at radius 1 is 1.35 bits per heavy atom. The van der Waals surface area contributed by atoms with E-state index in [-0.39, 0.29) is 11.9 Å². The third kappa shape index (κ3) is 2.87. The van der Waals surface area contributed by atoms with Gasteiger partial charge in [0.15, 0.2) is 0 Å². The molecule has 0 atom stereocenters. The molecule has 1 aromatic carbocycles.